The van der Waals surface area contributed by atoms with E-state index in [1.807, 2.05) is 62.3 Å². The van der Waals surface area contributed by atoms with Gasteiger partial charge in [-0.15, -0.1) is 5.10 Å². The van der Waals surface area contributed by atoms with E-state index in [2.05, 4.69) is 16.3 Å². The van der Waals surface area contributed by atoms with Gasteiger partial charge in [-0.1, -0.05) is 41.4 Å². The van der Waals surface area contributed by atoms with Crippen molar-refractivity contribution in [2.45, 2.75) is 19.3 Å². The van der Waals surface area contributed by atoms with Crippen LogP contribution in [-0.2, 0) is 6.42 Å². The van der Waals surface area contributed by atoms with E-state index in [0.717, 1.165) is 39.1 Å². The van der Waals surface area contributed by atoms with E-state index in [4.69, 9.17) is 23.2 Å². The number of rotatable bonds is 2. The minimum absolute atomic E-state index is 0.135. The summed E-state index contributed by atoms with van der Waals surface area (Å²) in [5.41, 5.74) is 4.42. The molecule has 2 aromatic rings. The van der Waals surface area contributed by atoms with Gasteiger partial charge in [0.05, 0.1) is 5.71 Å². The van der Waals surface area contributed by atoms with Crippen molar-refractivity contribution in [1.29, 1.82) is 0 Å². The third-order valence-corrected chi connectivity index (χ3v) is 4.77. The van der Waals surface area contributed by atoms with Crippen molar-refractivity contribution in [1.82, 2.24) is 4.90 Å². The second-order valence-electron chi connectivity index (χ2n) is 6.14. The number of hydrogen-bond acceptors (Lipinski definition) is 2. The number of halogens is 2. The minimum Gasteiger partial charge on any atom is -0.365 e. The van der Waals surface area contributed by atoms with Crippen molar-refractivity contribution in [2.24, 2.45) is 10.2 Å². The summed E-state index contributed by atoms with van der Waals surface area (Å²) in [7, 11) is 3.91. The third-order valence-electron chi connectivity index (χ3n) is 4.30. The second-order valence-corrected chi connectivity index (χ2v) is 7.01. The maximum Gasteiger partial charge on any atom is 0.123 e. The molecule has 0 N–H and O–H groups in total. The van der Waals surface area contributed by atoms with Gasteiger partial charge in [0, 0.05) is 35.6 Å². The highest BCUT2D eigenvalue weighted by atomic mass is 35.5. The molecule has 0 heterocycles. The molecule has 0 radical (unpaired) electrons. The number of benzene rings is 2. The first kappa shape index (κ1) is 17.0. The standard InChI is InChI=1S/C19H19Cl2N3/c1-12(24(2)3)22-23-19-17-8-7-16(21)10-14(17)11-18(19)13-5-4-6-15(20)9-13/h4-10,18H,11H2,1-3H3. The zero-order valence-electron chi connectivity index (χ0n) is 13.9. The summed E-state index contributed by atoms with van der Waals surface area (Å²) >= 11 is 12.3. The molecule has 3 rings (SSSR count). The lowest BCUT2D eigenvalue weighted by Crippen LogP contribution is -2.18. The second kappa shape index (κ2) is 6.96. The van der Waals surface area contributed by atoms with Gasteiger partial charge in [-0.2, -0.15) is 5.10 Å². The number of hydrogen-bond donors (Lipinski definition) is 0. The van der Waals surface area contributed by atoms with E-state index >= 15 is 0 Å². The van der Waals surface area contributed by atoms with E-state index in [9.17, 15) is 0 Å². The van der Waals surface area contributed by atoms with Crippen LogP contribution in [0, 0.1) is 0 Å². The van der Waals surface area contributed by atoms with Crippen molar-refractivity contribution >= 4 is 34.7 Å². The third kappa shape index (κ3) is 3.47. The van der Waals surface area contributed by atoms with Crippen LogP contribution in [0.15, 0.2) is 52.7 Å². The predicted molar refractivity (Wildman–Crippen MR) is 103 cm³/mol. The lowest BCUT2D eigenvalue weighted by atomic mass is 9.95. The van der Waals surface area contributed by atoms with Crippen LogP contribution >= 0.6 is 23.2 Å². The summed E-state index contributed by atoms with van der Waals surface area (Å²) in [5.74, 6) is 0.991. The van der Waals surface area contributed by atoms with Crippen LogP contribution in [0.4, 0.5) is 0 Å². The molecule has 124 valence electrons. The Bertz CT molecular complexity index is 825. The van der Waals surface area contributed by atoms with Crippen LogP contribution in [0.2, 0.25) is 10.0 Å². The van der Waals surface area contributed by atoms with E-state index in [0.29, 0.717) is 0 Å². The fourth-order valence-corrected chi connectivity index (χ4v) is 3.22. The molecule has 0 fully saturated rings. The van der Waals surface area contributed by atoms with Crippen molar-refractivity contribution in [2.75, 3.05) is 14.1 Å². The van der Waals surface area contributed by atoms with Gasteiger partial charge in [-0.05, 0) is 48.7 Å². The minimum atomic E-state index is 0.135. The van der Waals surface area contributed by atoms with Crippen LogP contribution in [-0.4, -0.2) is 30.5 Å². The zero-order chi connectivity index (χ0) is 17.3. The maximum atomic E-state index is 6.18. The Kier molecular flexibility index (Phi) is 4.93. The van der Waals surface area contributed by atoms with E-state index in [-0.39, 0.29) is 5.92 Å². The average molecular weight is 360 g/mol. The van der Waals surface area contributed by atoms with Crippen LogP contribution in [0.3, 0.4) is 0 Å². The summed E-state index contributed by atoms with van der Waals surface area (Å²) in [6.07, 6.45) is 0.853. The molecule has 0 aromatic heterocycles. The summed E-state index contributed by atoms with van der Waals surface area (Å²) < 4.78 is 0. The van der Waals surface area contributed by atoms with Crippen LogP contribution in [0.25, 0.3) is 0 Å². The Morgan fingerprint density at radius 1 is 1.08 bits per heavy atom. The molecular formula is C19H19Cl2N3. The molecule has 1 aliphatic rings. The Morgan fingerprint density at radius 3 is 2.54 bits per heavy atom. The molecule has 24 heavy (non-hydrogen) atoms. The largest absolute Gasteiger partial charge is 0.365 e. The lowest BCUT2D eigenvalue weighted by molar-refractivity contribution is 0.615. The monoisotopic (exact) mass is 359 g/mol. The van der Waals surface area contributed by atoms with Gasteiger partial charge in [0.25, 0.3) is 0 Å². The lowest BCUT2D eigenvalue weighted by Gasteiger charge is -2.13. The highest BCUT2D eigenvalue weighted by Gasteiger charge is 2.30. The van der Waals surface area contributed by atoms with E-state index in [1.165, 1.54) is 5.56 Å². The normalized spacial score (nSPS) is 18.8. The highest BCUT2D eigenvalue weighted by Crippen LogP contribution is 2.36. The van der Waals surface area contributed by atoms with Crippen LogP contribution in [0.5, 0.6) is 0 Å². The zero-order valence-corrected chi connectivity index (χ0v) is 15.4. The quantitative estimate of drug-likeness (QED) is 0.420. The van der Waals surface area contributed by atoms with Crippen molar-refractivity contribution in [3.05, 3.63) is 69.2 Å². The van der Waals surface area contributed by atoms with Gasteiger partial charge in [0.1, 0.15) is 5.84 Å². The number of nitrogens with zero attached hydrogens (tertiary/aromatic N) is 3. The Morgan fingerprint density at radius 2 is 1.83 bits per heavy atom. The fraction of sp³-hybridized carbons (Fsp3) is 0.263. The Hall–Kier alpha value is -1.84. The SMILES string of the molecule is CC(=NN=C1c2ccc(Cl)cc2CC1c1cccc(Cl)c1)N(C)C. The van der Waals surface area contributed by atoms with Crippen LogP contribution in [0.1, 0.15) is 29.5 Å². The molecule has 0 saturated carbocycles. The summed E-state index contributed by atoms with van der Waals surface area (Å²) in [6, 6.07) is 13.9. The summed E-state index contributed by atoms with van der Waals surface area (Å²) in [4.78, 5) is 1.94. The van der Waals surface area contributed by atoms with E-state index < -0.39 is 0 Å². The Labute approximate surface area is 152 Å². The fourth-order valence-electron chi connectivity index (χ4n) is 2.82. The molecule has 5 heteroatoms. The van der Waals surface area contributed by atoms with Gasteiger partial charge in [-0.25, -0.2) is 0 Å². The number of fused-ring (bicyclic) bond motifs is 1. The maximum absolute atomic E-state index is 6.18. The van der Waals surface area contributed by atoms with Crippen molar-refractivity contribution in [3.8, 4) is 0 Å². The first-order valence-corrected chi connectivity index (χ1v) is 8.55. The first-order valence-electron chi connectivity index (χ1n) is 7.79. The summed E-state index contributed by atoms with van der Waals surface area (Å²) in [6.45, 7) is 1.94. The molecule has 3 nitrogen and oxygen atoms in total. The predicted octanol–water partition coefficient (Wildman–Crippen LogP) is 5.02. The number of amidine groups is 1. The molecule has 0 aliphatic heterocycles. The van der Waals surface area contributed by atoms with Gasteiger partial charge in [0.15, 0.2) is 0 Å². The highest BCUT2D eigenvalue weighted by molar-refractivity contribution is 6.31. The van der Waals surface area contributed by atoms with Gasteiger partial charge in [-0.3, -0.25) is 0 Å². The molecule has 2 aromatic carbocycles. The molecule has 0 spiro atoms. The molecule has 1 unspecified atom stereocenters. The average Bonchev–Trinajstić information content (AvgIpc) is 2.90. The molecule has 0 saturated heterocycles. The Balaban J connectivity index is 2.08. The summed E-state index contributed by atoms with van der Waals surface area (Å²) in [5, 5.41) is 10.4. The molecule has 1 aliphatic carbocycles. The molecule has 1 atom stereocenters. The molecule has 0 bridgehead atoms. The van der Waals surface area contributed by atoms with E-state index in [1.54, 1.807) is 0 Å². The smallest absolute Gasteiger partial charge is 0.123 e. The topological polar surface area (TPSA) is 28.0 Å². The van der Waals surface area contributed by atoms with Crippen molar-refractivity contribution in [3.63, 3.8) is 0 Å². The van der Waals surface area contributed by atoms with Crippen LogP contribution < -0.4 is 0 Å². The van der Waals surface area contributed by atoms with Gasteiger partial charge >= 0.3 is 0 Å². The molecular weight excluding hydrogens is 341 g/mol. The first-order chi connectivity index (χ1) is 11.5. The van der Waals surface area contributed by atoms with Gasteiger partial charge < -0.3 is 4.90 Å². The van der Waals surface area contributed by atoms with Gasteiger partial charge in [0.2, 0.25) is 0 Å². The molecule has 0 amide bonds. The van der Waals surface area contributed by atoms with Crippen molar-refractivity contribution < 1.29 is 0 Å².